The molecule has 7 heteroatoms. The molecular weight excluding hydrogens is 336 g/mol. The van der Waals surface area contributed by atoms with E-state index in [1.54, 1.807) is 41.3 Å². The number of rotatable bonds is 3. The Kier molecular flexibility index (Phi) is 4.95. The Morgan fingerprint density at radius 3 is 2.57 bits per heavy atom. The quantitative estimate of drug-likeness (QED) is 0.925. The average molecular weight is 351 g/mol. The molecule has 0 radical (unpaired) electrons. The molecule has 1 N–H and O–H groups in total. The maximum atomic E-state index is 12.6. The lowest BCUT2D eigenvalue weighted by Gasteiger charge is -2.27. The van der Waals surface area contributed by atoms with Crippen LogP contribution in [0.3, 0.4) is 0 Å². The second kappa shape index (κ2) is 7.12. The minimum absolute atomic E-state index is 0.103. The van der Waals surface area contributed by atoms with Crippen LogP contribution in [0.2, 0.25) is 4.34 Å². The van der Waals surface area contributed by atoms with Crippen molar-refractivity contribution in [3.63, 3.8) is 0 Å². The molecule has 120 valence electrons. The van der Waals surface area contributed by atoms with Gasteiger partial charge in [-0.25, -0.2) is 0 Å². The minimum atomic E-state index is -0.274. The van der Waals surface area contributed by atoms with Gasteiger partial charge in [-0.2, -0.15) is 0 Å². The van der Waals surface area contributed by atoms with Crippen LogP contribution in [-0.4, -0.2) is 43.0 Å². The molecule has 1 aliphatic rings. The van der Waals surface area contributed by atoms with Crippen LogP contribution in [0.25, 0.3) is 0 Å². The third-order valence-electron chi connectivity index (χ3n) is 3.50. The van der Waals surface area contributed by atoms with E-state index < -0.39 is 0 Å². The molecule has 0 saturated carbocycles. The van der Waals surface area contributed by atoms with Gasteiger partial charge in [-0.3, -0.25) is 9.59 Å². The molecule has 5 nitrogen and oxygen atoms in total. The second-order valence-electron chi connectivity index (χ2n) is 5.01. The van der Waals surface area contributed by atoms with Gasteiger partial charge in [-0.1, -0.05) is 23.7 Å². The van der Waals surface area contributed by atoms with Crippen LogP contribution in [0, 0.1) is 0 Å². The summed E-state index contributed by atoms with van der Waals surface area (Å²) < 4.78 is 5.81. The Balaban J connectivity index is 1.80. The first-order valence-corrected chi connectivity index (χ1v) is 8.37. The summed E-state index contributed by atoms with van der Waals surface area (Å²) in [5.74, 6) is -0.377. The van der Waals surface area contributed by atoms with E-state index in [1.807, 2.05) is 0 Å². The van der Waals surface area contributed by atoms with Crippen LogP contribution >= 0.6 is 22.9 Å². The van der Waals surface area contributed by atoms with Crippen molar-refractivity contribution in [1.29, 1.82) is 0 Å². The summed E-state index contributed by atoms with van der Waals surface area (Å²) in [6.45, 7) is 2.19. The van der Waals surface area contributed by atoms with Crippen molar-refractivity contribution in [2.45, 2.75) is 0 Å². The van der Waals surface area contributed by atoms with Gasteiger partial charge in [0.25, 0.3) is 11.8 Å². The van der Waals surface area contributed by atoms with Crippen LogP contribution in [0.4, 0.5) is 5.69 Å². The van der Waals surface area contributed by atoms with Gasteiger partial charge >= 0.3 is 0 Å². The number of thiophene rings is 1. The fourth-order valence-electron chi connectivity index (χ4n) is 2.34. The topological polar surface area (TPSA) is 58.6 Å². The number of nitrogens with zero attached hydrogens (tertiary/aromatic N) is 1. The van der Waals surface area contributed by atoms with Gasteiger partial charge in [0.15, 0.2) is 0 Å². The Hall–Kier alpha value is -1.89. The smallest absolute Gasteiger partial charge is 0.265 e. The van der Waals surface area contributed by atoms with E-state index >= 15 is 0 Å². The number of morpholine rings is 1. The average Bonchev–Trinajstić information content (AvgIpc) is 3.02. The fraction of sp³-hybridized carbons (Fsp3) is 0.250. The molecule has 3 rings (SSSR count). The Labute approximate surface area is 142 Å². The van der Waals surface area contributed by atoms with Crippen molar-refractivity contribution in [1.82, 2.24) is 4.90 Å². The molecule has 0 aliphatic carbocycles. The van der Waals surface area contributed by atoms with Crippen molar-refractivity contribution in [3.8, 4) is 0 Å². The van der Waals surface area contributed by atoms with E-state index in [1.165, 1.54) is 11.3 Å². The number of hydrogen-bond acceptors (Lipinski definition) is 4. The predicted octanol–water partition coefficient (Wildman–Crippen LogP) is 3.13. The third kappa shape index (κ3) is 3.72. The zero-order valence-electron chi connectivity index (χ0n) is 12.3. The van der Waals surface area contributed by atoms with Crippen molar-refractivity contribution < 1.29 is 14.3 Å². The van der Waals surface area contributed by atoms with E-state index in [4.69, 9.17) is 16.3 Å². The summed E-state index contributed by atoms with van der Waals surface area (Å²) in [5.41, 5.74) is 0.976. The Morgan fingerprint density at radius 1 is 1.13 bits per heavy atom. The molecular formula is C16H15ClN2O3S. The first-order chi connectivity index (χ1) is 11.1. The van der Waals surface area contributed by atoms with Crippen LogP contribution in [0.5, 0.6) is 0 Å². The minimum Gasteiger partial charge on any atom is -0.378 e. The second-order valence-corrected chi connectivity index (χ2v) is 6.72. The lowest BCUT2D eigenvalue weighted by molar-refractivity contribution is 0.0303. The number of halogens is 1. The molecule has 0 bridgehead atoms. The molecule has 1 aromatic heterocycles. The molecule has 0 spiro atoms. The lowest BCUT2D eigenvalue weighted by Crippen LogP contribution is -2.41. The molecule has 2 amide bonds. The molecule has 23 heavy (non-hydrogen) atoms. The summed E-state index contributed by atoms with van der Waals surface area (Å²) in [7, 11) is 0. The molecule has 1 aliphatic heterocycles. The van der Waals surface area contributed by atoms with Crippen LogP contribution in [-0.2, 0) is 4.74 Å². The zero-order valence-corrected chi connectivity index (χ0v) is 13.8. The maximum Gasteiger partial charge on any atom is 0.265 e. The first kappa shape index (κ1) is 16.0. The number of amides is 2. The van der Waals surface area contributed by atoms with Gasteiger partial charge in [0, 0.05) is 13.1 Å². The van der Waals surface area contributed by atoms with Crippen molar-refractivity contribution in [3.05, 3.63) is 51.2 Å². The Morgan fingerprint density at radius 2 is 1.87 bits per heavy atom. The lowest BCUT2D eigenvalue weighted by atomic mass is 10.1. The summed E-state index contributed by atoms with van der Waals surface area (Å²) in [5, 5.41) is 2.79. The van der Waals surface area contributed by atoms with Gasteiger partial charge in [0.2, 0.25) is 0 Å². The van der Waals surface area contributed by atoms with Gasteiger partial charge in [0.1, 0.15) is 0 Å². The molecule has 2 heterocycles. The van der Waals surface area contributed by atoms with E-state index in [0.717, 1.165) is 0 Å². The molecule has 1 saturated heterocycles. The summed E-state index contributed by atoms with van der Waals surface area (Å²) in [6.07, 6.45) is 0. The van der Waals surface area contributed by atoms with Crippen molar-refractivity contribution in [2.75, 3.05) is 31.6 Å². The molecule has 0 unspecified atom stereocenters. The van der Waals surface area contributed by atoms with Crippen molar-refractivity contribution in [2.24, 2.45) is 0 Å². The monoisotopic (exact) mass is 350 g/mol. The number of ether oxygens (including phenoxy) is 1. The standard InChI is InChI=1S/C16H15ClN2O3S/c17-14-6-5-13(23-14)15(20)18-12-4-2-1-3-11(12)16(21)19-7-9-22-10-8-19/h1-6H,7-10H2,(H,18,20). The fourth-order valence-corrected chi connectivity index (χ4v) is 3.27. The molecule has 2 aromatic rings. The third-order valence-corrected chi connectivity index (χ3v) is 4.73. The van der Waals surface area contributed by atoms with Gasteiger partial charge in [-0.05, 0) is 24.3 Å². The highest BCUT2D eigenvalue weighted by Crippen LogP contribution is 2.24. The summed E-state index contributed by atoms with van der Waals surface area (Å²) in [6, 6.07) is 10.3. The van der Waals surface area contributed by atoms with Crippen molar-refractivity contribution >= 4 is 40.4 Å². The number of anilines is 1. The number of carbonyl (C=O) groups excluding carboxylic acids is 2. The zero-order chi connectivity index (χ0) is 16.2. The number of carbonyl (C=O) groups is 2. The SMILES string of the molecule is O=C(Nc1ccccc1C(=O)N1CCOCC1)c1ccc(Cl)s1. The highest BCUT2D eigenvalue weighted by molar-refractivity contribution is 7.18. The van der Waals surface area contributed by atoms with Gasteiger partial charge < -0.3 is 15.0 Å². The van der Waals surface area contributed by atoms with E-state index in [9.17, 15) is 9.59 Å². The maximum absolute atomic E-state index is 12.6. The molecule has 1 aromatic carbocycles. The largest absolute Gasteiger partial charge is 0.378 e. The highest BCUT2D eigenvalue weighted by Gasteiger charge is 2.22. The Bertz CT molecular complexity index is 726. The predicted molar refractivity (Wildman–Crippen MR) is 90.4 cm³/mol. The molecule has 1 fully saturated rings. The van der Waals surface area contributed by atoms with Crippen LogP contribution in [0.1, 0.15) is 20.0 Å². The number of benzene rings is 1. The van der Waals surface area contributed by atoms with E-state index in [-0.39, 0.29) is 11.8 Å². The first-order valence-electron chi connectivity index (χ1n) is 7.18. The van der Waals surface area contributed by atoms with E-state index in [0.29, 0.717) is 46.8 Å². The summed E-state index contributed by atoms with van der Waals surface area (Å²) in [4.78, 5) is 27.2. The number of hydrogen-bond donors (Lipinski definition) is 1. The van der Waals surface area contributed by atoms with Crippen LogP contribution in [0.15, 0.2) is 36.4 Å². The number of nitrogens with one attached hydrogen (secondary N) is 1. The van der Waals surface area contributed by atoms with E-state index in [2.05, 4.69) is 5.32 Å². The summed E-state index contributed by atoms with van der Waals surface area (Å²) >= 11 is 7.06. The highest BCUT2D eigenvalue weighted by atomic mass is 35.5. The molecule has 0 atom stereocenters. The van der Waals surface area contributed by atoms with Gasteiger partial charge in [-0.15, -0.1) is 11.3 Å². The van der Waals surface area contributed by atoms with Gasteiger partial charge in [0.05, 0.1) is 33.7 Å². The normalized spacial score (nSPS) is 14.6. The number of para-hydroxylation sites is 1. The van der Waals surface area contributed by atoms with Crippen LogP contribution < -0.4 is 5.32 Å².